The molecule has 20 heavy (non-hydrogen) atoms. The number of nitrogens with one attached hydrogen (secondary N) is 1. The molecule has 0 radical (unpaired) electrons. The van der Waals surface area contributed by atoms with Crippen molar-refractivity contribution in [1.82, 2.24) is 4.90 Å². The molecular weight excluding hydrogens is 275 g/mol. The minimum atomic E-state index is -4.64. The molecule has 1 aromatic carbocycles. The number of hydrogen-bond acceptors (Lipinski definition) is 4. The van der Waals surface area contributed by atoms with Gasteiger partial charge in [-0.05, 0) is 27.1 Å². The largest absolute Gasteiger partial charge is 0.418 e. The Morgan fingerprint density at radius 3 is 2.45 bits per heavy atom. The first-order valence-electron chi connectivity index (χ1n) is 5.89. The predicted octanol–water partition coefficient (Wildman–Crippen LogP) is 2.98. The highest BCUT2D eigenvalue weighted by atomic mass is 19.4. The van der Waals surface area contributed by atoms with Gasteiger partial charge in [-0.3, -0.25) is 10.1 Å². The Labute approximate surface area is 114 Å². The molecule has 1 rings (SSSR count). The van der Waals surface area contributed by atoms with Gasteiger partial charge in [-0.15, -0.1) is 0 Å². The van der Waals surface area contributed by atoms with Crippen LogP contribution < -0.4 is 5.32 Å². The zero-order valence-corrected chi connectivity index (χ0v) is 11.4. The van der Waals surface area contributed by atoms with Crippen LogP contribution in [-0.4, -0.2) is 36.5 Å². The third-order valence-electron chi connectivity index (χ3n) is 2.99. The molecule has 1 unspecified atom stereocenters. The molecular formula is C12H16F3N3O2. The lowest BCUT2D eigenvalue weighted by molar-refractivity contribution is -0.385. The Balaban J connectivity index is 3.04. The number of halogens is 3. The summed E-state index contributed by atoms with van der Waals surface area (Å²) in [6.07, 6.45) is -4.64. The molecule has 1 atom stereocenters. The second kappa shape index (κ2) is 6.08. The topological polar surface area (TPSA) is 58.4 Å². The molecule has 0 fully saturated rings. The molecule has 5 nitrogen and oxygen atoms in total. The molecule has 0 amide bonds. The Bertz CT molecular complexity index is 489. The molecule has 0 saturated carbocycles. The number of likely N-dealkylation sites (N-methyl/N-ethyl adjacent to an activating group) is 1. The molecule has 0 spiro atoms. The third-order valence-corrected chi connectivity index (χ3v) is 2.99. The maximum absolute atomic E-state index is 12.9. The van der Waals surface area contributed by atoms with Crippen LogP contribution >= 0.6 is 0 Å². The van der Waals surface area contributed by atoms with Crippen LogP contribution in [0.25, 0.3) is 0 Å². The highest BCUT2D eigenvalue weighted by Gasteiger charge is 2.35. The second-order valence-electron chi connectivity index (χ2n) is 4.68. The quantitative estimate of drug-likeness (QED) is 0.669. The number of nitro benzene ring substituents is 1. The summed E-state index contributed by atoms with van der Waals surface area (Å²) in [5.41, 5.74) is -1.77. The van der Waals surface area contributed by atoms with E-state index in [1.54, 1.807) is 0 Å². The fourth-order valence-electron chi connectivity index (χ4n) is 1.47. The van der Waals surface area contributed by atoms with Gasteiger partial charge in [-0.2, -0.15) is 13.2 Å². The van der Waals surface area contributed by atoms with Crippen molar-refractivity contribution in [2.75, 3.05) is 26.0 Å². The van der Waals surface area contributed by atoms with Crippen molar-refractivity contribution in [2.45, 2.75) is 19.1 Å². The Morgan fingerprint density at radius 1 is 1.40 bits per heavy atom. The van der Waals surface area contributed by atoms with Crippen molar-refractivity contribution in [3.05, 3.63) is 33.9 Å². The van der Waals surface area contributed by atoms with E-state index in [1.165, 1.54) is 0 Å². The Kier molecular flexibility index (Phi) is 4.93. The van der Waals surface area contributed by atoms with Crippen LogP contribution in [0, 0.1) is 10.1 Å². The van der Waals surface area contributed by atoms with Gasteiger partial charge >= 0.3 is 6.18 Å². The van der Waals surface area contributed by atoms with E-state index in [9.17, 15) is 23.3 Å². The van der Waals surface area contributed by atoms with Gasteiger partial charge in [0.15, 0.2) is 0 Å². The van der Waals surface area contributed by atoms with E-state index in [-0.39, 0.29) is 11.7 Å². The highest BCUT2D eigenvalue weighted by Crippen LogP contribution is 2.37. The third kappa shape index (κ3) is 4.09. The standard InChI is InChI=1S/C12H16F3N3O2/c1-8(17(2)3)7-16-11-5-4-9(18(19)20)6-10(11)12(13,14)15/h4-6,8,16H,7H2,1-3H3. The van der Waals surface area contributed by atoms with E-state index >= 15 is 0 Å². The van der Waals surface area contributed by atoms with Gasteiger partial charge in [0.25, 0.3) is 5.69 Å². The lowest BCUT2D eigenvalue weighted by Gasteiger charge is -2.22. The van der Waals surface area contributed by atoms with E-state index in [0.29, 0.717) is 12.6 Å². The lowest BCUT2D eigenvalue weighted by Crippen LogP contribution is -2.32. The molecule has 0 aliphatic heterocycles. The molecule has 0 heterocycles. The van der Waals surface area contributed by atoms with Crippen LogP contribution in [0.3, 0.4) is 0 Å². The van der Waals surface area contributed by atoms with Crippen molar-refractivity contribution in [2.24, 2.45) is 0 Å². The maximum Gasteiger partial charge on any atom is 0.418 e. The van der Waals surface area contributed by atoms with Crippen molar-refractivity contribution in [3.8, 4) is 0 Å². The Morgan fingerprint density at radius 2 is 2.00 bits per heavy atom. The summed E-state index contributed by atoms with van der Waals surface area (Å²) < 4.78 is 38.7. The minimum Gasteiger partial charge on any atom is -0.383 e. The first kappa shape index (κ1) is 16.2. The van der Waals surface area contributed by atoms with Gasteiger partial charge in [-0.25, -0.2) is 0 Å². The zero-order valence-electron chi connectivity index (χ0n) is 11.4. The van der Waals surface area contributed by atoms with Gasteiger partial charge in [0.05, 0.1) is 10.5 Å². The molecule has 0 bridgehead atoms. The number of nitro groups is 1. The van der Waals surface area contributed by atoms with E-state index in [2.05, 4.69) is 5.32 Å². The monoisotopic (exact) mass is 291 g/mol. The number of non-ortho nitro benzene ring substituents is 1. The van der Waals surface area contributed by atoms with Gasteiger partial charge in [0, 0.05) is 30.4 Å². The fraction of sp³-hybridized carbons (Fsp3) is 0.500. The number of nitrogens with zero attached hydrogens (tertiary/aromatic N) is 2. The predicted molar refractivity (Wildman–Crippen MR) is 69.7 cm³/mol. The minimum absolute atomic E-state index is 0.0197. The fourth-order valence-corrected chi connectivity index (χ4v) is 1.47. The average Bonchev–Trinajstić information content (AvgIpc) is 2.34. The lowest BCUT2D eigenvalue weighted by atomic mass is 10.1. The first-order valence-corrected chi connectivity index (χ1v) is 5.89. The van der Waals surface area contributed by atoms with Crippen LogP contribution in [0.1, 0.15) is 12.5 Å². The van der Waals surface area contributed by atoms with Crippen LogP contribution in [0.15, 0.2) is 18.2 Å². The molecule has 1 aromatic rings. The van der Waals surface area contributed by atoms with Gasteiger partial charge < -0.3 is 10.2 Å². The van der Waals surface area contributed by atoms with E-state index in [1.807, 2.05) is 25.9 Å². The van der Waals surface area contributed by atoms with Crippen molar-refractivity contribution >= 4 is 11.4 Å². The molecule has 0 aliphatic rings. The van der Waals surface area contributed by atoms with E-state index in [0.717, 1.165) is 12.1 Å². The highest BCUT2D eigenvalue weighted by molar-refractivity contribution is 5.57. The molecule has 112 valence electrons. The smallest absolute Gasteiger partial charge is 0.383 e. The Hall–Kier alpha value is -1.83. The summed E-state index contributed by atoms with van der Waals surface area (Å²) >= 11 is 0. The number of anilines is 1. The van der Waals surface area contributed by atoms with Crippen LogP contribution in [-0.2, 0) is 6.18 Å². The van der Waals surface area contributed by atoms with E-state index < -0.39 is 22.4 Å². The van der Waals surface area contributed by atoms with Crippen LogP contribution in [0.5, 0.6) is 0 Å². The maximum atomic E-state index is 12.9. The summed E-state index contributed by atoms with van der Waals surface area (Å²) in [5, 5.41) is 13.2. The normalized spacial score (nSPS) is 13.3. The SMILES string of the molecule is CC(CNc1ccc([N+](=O)[O-])cc1C(F)(F)F)N(C)C. The molecule has 0 saturated heterocycles. The van der Waals surface area contributed by atoms with Gasteiger partial charge in [-0.1, -0.05) is 0 Å². The first-order chi connectivity index (χ1) is 9.12. The molecule has 0 aliphatic carbocycles. The molecule has 8 heteroatoms. The molecule has 0 aromatic heterocycles. The van der Waals surface area contributed by atoms with Crippen LogP contribution in [0.2, 0.25) is 0 Å². The van der Waals surface area contributed by atoms with Crippen molar-refractivity contribution in [1.29, 1.82) is 0 Å². The van der Waals surface area contributed by atoms with Crippen molar-refractivity contribution in [3.63, 3.8) is 0 Å². The van der Waals surface area contributed by atoms with Crippen molar-refractivity contribution < 1.29 is 18.1 Å². The van der Waals surface area contributed by atoms with Gasteiger partial charge in [0.1, 0.15) is 0 Å². The number of alkyl halides is 3. The summed E-state index contributed by atoms with van der Waals surface area (Å²) in [6, 6.07) is 2.70. The number of hydrogen-bond donors (Lipinski definition) is 1. The summed E-state index contributed by atoms with van der Waals surface area (Å²) in [6.45, 7) is 2.15. The number of rotatable bonds is 5. The zero-order chi connectivity index (χ0) is 15.5. The summed E-state index contributed by atoms with van der Waals surface area (Å²) in [4.78, 5) is 11.6. The number of benzene rings is 1. The summed E-state index contributed by atoms with van der Waals surface area (Å²) in [7, 11) is 3.62. The molecule has 1 N–H and O–H groups in total. The van der Waals surface area contributed by atoms with E-state index in [4.69, 9.17) is 0 Å². The van der Waals surface area contributed by atoms with Gasteiger partial charge in [0.2, 0.25) is 0 Å². The van der Waals surface area contributed by atoms with Crippen LogP contribution in [0.4, 0.5) is 24.5 Å². The summed E-state index contributed by atoms with van der Waals surface area (Å²) in [5.74, 6) is 0. The second-order valence-corrected chi connectivity index (χ2v) is 4.68. The average molecular weight is 291 g/mol.